The molecular weight excluding hydrogens is 312 g/mol. The highest BCUT2D eigenvalue weighted by molar-refractivity contribution is 7.92. The number of carbonyl (C=O) groups excluding carboxylic acids is 1. The molecule has 0 unspecified atom stereocenters. The Morgan fingerprint density at radius 2 is 1.65 bits per heavy atom. The number of anilines is 1. The molecule has 0 spiro atoms. The predicted octanol–water partition coefficient (Wildman–Crippen LogP) is 2.24. The summed E-state index contributed by atoms with van der Waals surface area (Å²) in [6.07, 6.45) is 0. The highest BCUT2D eigenvalue weighted by Crippen LogP contribution is 2.26. The van der Waals surface area contributed by atoms with E-state index in [4.69, 9.17) is 0 Å². The second kappa shape index (κ2) is 6.83. The predicted molar refractivity (Wildman–Crippen MR) is 91.0 cm³/mol. The van der Waals surface area contributed by atoms with Crippen LogP contribution in [-0.4, -0.2) is 27.9 Å². The third kappa shape index (κ3) is 3.71. The molecule has 1 N–H and O–H groups in total. The number of aryl methyl sites for hydroxylation is 2. The molecule has 5 nitrogen and oxygen atoms in total. The van der Waals surface area contributed by atoms with Crippen molar-refractivity contribution in [3.8, 4) is 0 Å². The molecule has 6 heteroatoms. The van der Waals surface area contributed by atoms with E-state index in [2.05, 4.69) is 5.32 Å². The molecule has 0 aliphatic carbocycles. The molecule has 0 heterocycles. The van der Waals surface area contributed by atoms with Crippen molar-refractivity contribution in [2.75, 3.05) is 17.9 Å². The number of nitrogens with zero attached hydrogens (tertiary/aromatic N) is 1. The molecule has 0 saturated heterocycles. The van der Waals surface area contributed by atoms with Crippen molar-refractivity contribution in [1.82, 2.24) is 5.32 Å². The van der Waals surface area contributed by atoms with Gasteiger partial charge in [0.1, 0.15) is 6.54 Å². The first-order valence-electron chi connectivity index (χ1n) is 7.22. The third-order valence-electron chi connectivity index (χ3n) is 3.56. The maximum absolute atomic E-state index is 13.0. The Bertz CT molecular complexity index is 799. The van der Waals surface area contributed by atoms with Gasteiger partial charge in [-0.15, -0.1) is 0 Å². The molecule has 0 saturated carbocycles. The van der Waals surface area contributed by atoms with Gasteiger partial charge < -0.3 is 5.32 Å². The molecule has 0 aromatic heterocycles. The quantitative estimate of drug-likeness (QED) is 0.913. The molecule has 122 valence electrons. The van der Waals surface area contributed by atoms with E-state index in [1.807, 2.05) is 26.0 Å². The number of amides is 1. The zero-order valence-electron chi connectivity index (χ0n) is 13.4. The van der Waals surface area contributed by atoms with E-state index in [0.717, 1.165) is 15.4 Å². The van der Waals surface area contributed by atoms with Crippen molar-refractivity contribution in [2.45, 2.75) is 18.7 Å². The van der Waals surface area contributed by atoms with Crippen LogP contribution in [0.5, 0.6) is 0 Å². The first-order valence-corrected chi connectivity index (χ1v) is 8.66. The van der Waals surface area contributed by atoms with E-state index in [9.17, 15) is 13.2 Å². The van der Waals surface area contributed by atoms with Gasteiger partial charge in [-0.25, -0.2) is 8.42 Å². The van der Waals surface area contributed by atoms with Crippen LogP contribution in [0.3, 0.4) is 0 Å². The first-order chi connectivity index (χ1) is 10.9. The highest BCUT2D eigenvalue weighted by Gasteiger charge is 2.27. The average Bonchev–Trinajstić information content (AvgIpc) is 2.53. The molecule has 2 aromatic carbocycles. The maximum Gasteiger partial charge on any atom is 0.264 e. The Morgan fingerprint density at radius 3 is 2.22 bits per heavy atom. The van der Waals surface area contributed by atoms with Crippen LogP contribution in [0.2, 0.25) is 0 Å². The molecule has 0 aliphatic rings. The Balaban J connectivity index is 2.54. The van der Waals surface area contributed by atoms with Crippen molar-refractivity contribution in [2.24, 2.45) is 0 Å². The number of hydrogen-bond acceptors (Lipinski definition) is 3. The second-order valence-corrected chi connectivity index (χ2v) is 7.15. The highest BCUT2D eigenvalue weighted by atomic mass is 32.2. The lowest BCUT2D eigenvalue weighted by Gasteiger charge is -2.25. The molecule has 0 aliphatic heterocycles. The van der Waals surface area contributed by atoms with Crippen molar-refractivity contribution >= 4 is 21.6 Å². The van der Waals surface area contributed by atoms with Gasteiger partial charge in [-0.2, -0.15) is 0 Å². The van der Waals surface area contributed by atoms with Gasteiger partial charge in [-0.1, -0.05) is 35.9 Å². The molecule has 23 heavy (non-hydrogen) atoms. The number of sulfonamides is 1. The summed E-state index contributed by atoms with van der Waals surface area (Å²) in [6, 6.07) is 13.7. The smallest absolute Gasteiger partial charge is 0.264 e. The van der Waals surface area contributed by atoms with Crippen molar-refractivity contribution < 1.29 is 13.2 Å². The van der Waals surface area contributed by atoms with E-state index in [1.165, 1.54) is 7.05 Å². The van der Waals surface area contributed by atoms with Crippen LogP contribution >= 0.6 is 0 Å². The lowest BCUT2D eigenvalue weighted by atomic mass is 10.2. The van der Waals surface area contributed by atoms with Gasteiger partial charge in [0.2, 0.25) is 5.91 Å². The molecular formula is C17H20N2O3S. The number of carbonyl (C=O) groups is 1. The molecule has 0 atom stereocenters. The fourth-order valence-corrected chi connectivity index (χ4v) is 3.68. The largest absolute Gasteiger partial charge is 0.358 e. The number of benzene rings is 2. The summed E-state index contributed by atoms with van der Waals surface area (Å²) in [4.78, 5) is 12.0. The van der Waals surface area contributed by atoms with Gasteiger partial charge >= 0.3 is 0 Å². The Hall–Kier alpha value is -2.34. The normalized spacial score (nSPS) is 11.1. The fraction of sp³-hybridized carbons (Fsp3) is 0.235. The summed E-state index contributed by atoms with van der Waals surface area (Å²) in [5.74, 6) is -0.371. The summed E-state index contributed by atoms with van der Waals surface area (Å²) in [6.45, 7) is 3.44. The van der Waals surface area contributed by atoms with Gasteiger partial charge in [0, 0.05) is 7.05 Å². The SMILES string of the molecule is CNC(=O)CN(c1ccccc1C)S(=O)(=O)c1ccc(C)cc1. The van der Waals surface area contributed by atoms with Gasteiger partial charge in [0.25, 0.3) is 10.0 Å². The molecule has 2 aromatic rings. The van der Waals surface area contributed by atoms with E-state index >= 15 is 0 Å². The molecule has 0 fully saturated rings. The van der Waals surface area contributed by atoms with Gasteiger partial charge in [0.05, 0.1) is 10.6 Å². The monoisotopic (exact) mass is 332 g/mol. The van der Waals surface area contributed by atoms with Crippen LogP contribution in [0, 0.1) is 13.8 Å². The van der Waals surface area contributed by atoms with Crippen molar-refractivity contribution in [1.29, 1.82) is 0 Å². The number of rotatable bonds is 5. The Morgan fingerprint density at radius 1 is 1.04 bits per heavy atom. The standard InChI is InChI=1S/C17H20N2O3S/c1-13-8-10-15(11-9-13)23(21,22)19(12-17(20)18-3)16-7-5-4-6-14(16)2/h4-11H,12H2,1-3H3,(H,18,20). The van der Waals surface area contributed by atoms with Crippen molar-refractivity contribution in [3.05, 3.63) is 59.7 Å². The summed E-state index contributed by atoms with van der Waals surface area (Å²) in [7, 11) is -2.34. The maximum atomic E-state index is 13.0. The molecule has 0 radical (unpaired) electrons. The summed E-state index contributed by atoms with van der Waals surface area (Å²) in [5, 5.41) is 2.47. The van der Waals surface area contributed by atoms with Gasteiger partial charge in [-0.3, -0.25) is 9.10 Å². The Kier molecular flexibility index (Phi) is 5.05. The minimum Gasteiger partial charge on any atom is -0.358 e. The summed E-state index contributed by atoms with van der Waals surface area (Å²) < 4.78 is 27.1. The zero-order chi connectivity index (χ0) is 17.0. The van der Waals surface area contributed by atoms with Gasteiger partial charge in [0.15, 0.2) is 0 Å². The third-order valence-corrected chi connectivity index (χ3v) is 5.33. The molecule has 2 rings (SSSR count). The van der Waals surface area contributed by atoms with Crippen molar-refractivity contribution in [3.63, 3.8) is 0 Å². The minimum absolute atomic E-state index is 0.162. The average molecular weight is 332 g/mol. The summed E-state index contributed by atoms with van der Waals surface area (Å²) in [5.41, 5.74) is 2.25. The van der Waals surface area contributed by atoms with Gasteiger partial charge in [-0.05, 0) is 37.6 Å². The van der Waals surface area contributed by atoms with Crippen LogP contribution in [0.25, 0.3) is 0 Å². The van der Waals surface area contributed by atoms with Crippen LogP contribution < -0.4 is 9.62 Å². The first kappa shape index (κ1) is 17.0. The molecule has 0 bridgehead atoms. The zero-order valence-corrected chi connectivity index (χ0v) is 14.2. The topological polar surface area (TPSA) is 66.5 Å². The van der Waals surface area contributed by atoms with E-state index in [-0.39, 0.29) is 17.3 Å². The number of para-hydroxylation sites is 1. The van der Waals surface area contributed by atoms with E-state index in [1.54, 1.807) is 36.4 Å². The fourth-order valence-electron chi connectivity index (χ4n) is 2.19. The number of likely N-dealkylation sites (N-methyl/N-ethyl adjacent to an activating group) is 1. The second-order valence-electron chi connectivity index (χ2n) is 5.28. The van der Waals surface area contributed by atoms with E-state index < -0.39 is 10.0 Å². The number of nitrogens with one attached hydrogen (secondary N) is 1. The van der Waals surface area contributed by atoms with Crippen LogP contribution in [-0.2, 0) is 14.8 Å². The lowest BCUT2D eigenvalue weighted by Crippen LogP contribution is -2.40. The minimum atomic E-state index is -3.83. The van der Waals surface area contributed by atoms with Crippen LogP contribution in [0.4, 0.5) is 5.69 Å². The van der Waals surface area contributed by atoms with Crippen LogP contribution in [0.1, 0.15) is 11.1 Å². The summed E-state index contributed by atoms with van der Waals surface area (Å²) >= 11 is 0. The lowest BCUT2D eigenvalue weighted by molar-refractivity contribution is -0.119. The number of hydrogen-bond donors (Lipinski definition) is 1. The molecule has 1 amide bonds. The van der Waals surface area contributed by atoms with E-state index in [0.29, 0.717) is 5.69 Å². The van der Waals surface area contributed by atoms with Crippen LogP contribution in [0.15, 0.2) is 53.4 Å². The Labute approximate surface area is 137 Å².